The molecule has 3 aromatic carbocycles. The maximum Gasteiger partial charge on any atom is 0.254 e. The number of methoxy groups -OCH3 is 2. The normalized spacial score (nSPS) is 13.3. The summed E-state index contributed by atoms with van der Waals surface area (Å²) in [5.41, 5.74) is 6.95. The van der Waals surface area contributed by atoms with E-state index < -0.39 is 10.0 Å². The zero-order valence-corrected chi connectivity index (χ0v) is 23.1. The number of benzene rings is 3. The van der Waals surface area contributed by atoms with Gasteiger partial charge in [-0.05, 0) is 97.3 Å². The lowest BCUT2D eigenvalue weighted by atomic mass is 9.98. The summed E-state index contributed by atoms with van der Waals surface area (Å²) in [6.07, 6.45) is 0.735. The third-order valence-corrected chi connectivity index (χ3v) is 8.91. The van der Waals surface area contributed by atoms with Gasteiger partial charge in [0.25, 0.3) is 5.91 Å². The summed E-state index contributed by atoms with van der Waals surface area (Å²) in [5, 5.41) is 0. The van der Waals surface area contributed by atoms with E-state index >= 15 is 0 Å². The minimum Gasteiger partial charge on any atom is -0.493 e. The lowest BCUT2D eigenvalue weighted by Crippen LogP contribution is -2.36. The number of amides is 1. The van der Waals surface area contributed by atoms with Crippen molar-refractivity contribution in [2.45, 2.75) is 52.1 Å². The van der Waals surface area contributed by atoms with Crippen LogP contribution in [0.25, 0.3) is 0 Å². The number of hydrogen-bond donors (Lipinski definition) is 1. The molecular formula is C29H34N2O5S. The summed E-state index contributed by atoms with van der Waals surface area (Å²) < 4.78 is 39.8. The summed E-state index contributed by atoms with van der Waals surface area (Å²) in [6, 6.07) is 13.0. The van der Waals surface area contributed by atoms with Gasteiger partial charge in [-0.1, -0.05) is 18.2 Å². The largest absolute Gasteiger partial charge is 0.493 e. The molecule has 7 nitrogen and oxygen atoms in total. The van der Waals surface area contributed by atoms with Crippen molar-refractivity contribution in [3.05, 3.63) is 87.0 Å². The van der Waals surface area contributed by atoms with Gasteiger partial charge in [-0.25, -0.2) is 13.1 Å². The molecular weight excluding hydrogens is 488 g/mol. The van der Waals surface area contributed by atoms with Gasteiger partial charge in [0.1, 0.15) is 0 Å². The van der Waals surface area contributed by atoms with Gasteiger partial charge in [-0.3, -0.25) is 4.79 Å². The second-order valence-corrected chi connectivity index (χ2v) is 11.3. The summed E-state index contributed by atoms with van der Waals surface area (Å²) in [7, 11) is -0.479. The molecule has 1 aliphatic heterocycles. The van der Waals surface area contributed by atoms with Crippen LogP contribution < -0.4 is 14.2 Å². The Balaban J connectivity index is 1.45. The van der Waals surface area contributed by atoms with Gasteiger partial charge >= 0.3 is 0 Å². The molecule has 37 heavy (non-hydrogen) atoms. The van der Waals surface area contributed by atoms with Crippen molar-refractivity contribution in [3.63, 3.8) is 0 Å². The van der Waals surface area contributed by atoms with Crippen molar-refractivity contribution in [3.8, 4) is 11.5 Å². The van der Waals surface area contributed by atoms with Gasteiger partial charge in [-0.2, -0.15) is 0 Å². The predicted molar refractivity (Wildman–Crippen MR) is 144 cm³/mol. The summed E-state index contributed by atoms with van der Waals surface area (Å²) >= 11 is 0. The monoisotopic (exact) mass is 522 g/mol. The van der Waals surface area contributed by atoms with Crippen LogP contribution in [0.15, 0.2) is 47.4 Å². The fourth-order valence-electron chi connectivity index (χ4n) is 4.84. The first-order valence-corrected chi connectivity index (χ1v) is 13.7. The highest BCUT2D eigenvalue weighted by atomic mass is 32.2. The summed E-state index contributed by atoms with van der Waals surface area (Å²) in [5.74, 6) is 1.28. The molecule has 0 unspecified atom stereocenters. The van der Waals surface area contributed by atoms with Gasteiger partial charge in [0.05, 0.1) is 19.1 Å². The number of aryl methyl sites for hydroxylation is 2. The highest BCUT2D eigenvalue weighted by Crippen LogP contribution is 2.33. The Morgan fingerprint density at radius 1 is 0.892 bits per heavy atom. The van der Waals surface area contributed by atoms with Crippen LogP contribution in [0.4, 0.5) is 0 Å². The maximum absolute atomic E-state index is 13.2. The molecule has 0 fully saturated rings. The number of carbonyl (C=O) groups excluding carboxylic acids is 1. The fourth-order valence-corrected chi connectivity index (χ4v) is 6.47. The molecule has 3 aromatic rings. The number of nitrogens with zero attached hydrogens (tertiary/aromatic N) is 1. The van der Waals surface area contributed by atoms with Crippen LogP contribution >= 0.6 is 0 Å². The fraction of sp³-hybridized carbons (Fsp3) is 0.345. The van der Waals surface area contributed by atoms with E-state index in [1.54, 1.807) is 38.5 Å². The molecule has 0 spiro atoms. The summed E-state index contributed by atoms with van der Waals surface area (Å²) in [4.78, 5) is 15.4. The molecule has 1 N–H and O–H groups in total. The predicted octanol–water partition coefficient (Wildman–Crippen LogP) is 4.61. The lowest BCUT2D eigenvalue weighted by molar-refractivity contribution is 0.0734. The Hall–Kier alpha value is -3.36. The van der Waals surface area contributed by atoms with Gasteiger partial charge in [0.2, 0.25) is 10.0 Å². The van der Waals surface area contributed by atoms with Gasteiger partial charge in [0.15, 0.2) is 11.5 Å². The molecule has 1 amide bonds. The van der Waals surface area contributed by atoms with E-state index in [9.17, 15) is 13.2 Å². The molecule has 0 aromatic heterocycles. The average Bonchev–Trinajstić information content (AvgIpc) is 2.89. The van der Waals surface area contributed by atoms with Crippen LogP contribution in [-0.4, -0.2) is 40.0 Å². The Morgan fingerprint density at radius 3 is 2.03 bits per heavy atom. The molecule has 196 valence electrons. The molecule has 0 atom stereocenters. The minimum absolute atomic E-state index is 0.0611. The third kappa shape index (κ3) is 5.36. The second-order valence-electron chi connectivity index (χ2n) is 9.56. The first-order chi connectivity index (χ1) is 17.6. The number of fused-ring (bicyclic) bond motifs is 1. The van der Waals surface area contributed by atoms with Crippen LogP contribution in [0.1, 0.15) is 49.3 Å². The molecule has 0 bridgehead atoms. The Labute approximate surface area is 219 Å². The summed E-state index contributed by atoms with van der Waals surface area (Å²) in [6.45, 7) is 8.75. The van der Waals surface area contributed by atoms with E-state index in [0.29, 0.717) is 35.0 Å². The lowest BCUT2D eigenvalue weighted by Gasteiger charge is -2.29. The Morgan fingerprint density at radius 2 is 1.46 bits per heavy atom. The average molecular weight is 523 g/mol. The molecule has 0 saturated heterocycles. The van der Waals surface area contributed by atoms with Crippen LogP contribution in [-0.2, 0) is 29.5 Å². The van der Waals surface area contributed by atoms with Crippen LogP contribution in [0.3, 0.4) is 0 Å². The van der Waals surface area contributed by atoms with E-state index in [-0.39, 0.29) is 12.5 Å². The SMILES string of the molecule is COc1cc2c(cc1OC)CN(C(=O)c1ccc(CNS(=O)(=O)c3c(C)c(C)cc(C)c3C)cc1)CC2. The number of nitrogens with one attached hydrogen (secondary N) is 1. The molecule has 4 rings (SSSR count). The zero-order chi connectivity index (χ0) is 26.9. The number of ether oxygens (including phenoxy) is 2. The molecule has 0 radical (unpaired) electrons. The van der Waals surface area contributed by atoms with Crippen molar-refractivity contribution in [1.82, 2.24) is 9.62 Å². The van der Waals surface area contributed by atoms with Crippen LogP contribution in [0.5, 0.6) is 11.5 Å². The van der Waals surface area contributed by atoms with E-state index in [1.807, 2.05) is 50.8 Å². The molecule has 8 heteroatoms. The van der Waals surface area contributed by atoms with Crippen LogP contribution in [0, 0.1) is 27.7 Å². The number of sulfonamides is 1. The smallest absolute Gasteiger partial charge is 0.254 e. The molecule has 0 saturated carbocycles. The van der Waals surface area contributed by atoms with E-state index in [1.165, 1.54) is 0 Å². The van der Waals surface area contributed by atoms with Crippen molar-refractivity contribution in [2.75, 3.05) is 20.8 Å². The first kappa shape index (κ1) is 26.7. The minimum atomic E-state index is -3.69. The third-order valence-electron chi connectivity index (χ3n) is 7.24. The Bertz CT molecular complexity index is 1420. The quantitative estimate of drug-likeness (QED) is 0.490. The Kier molecular flexibility index (Phi) is 7.62. The zero-order valence-electron chi connectivity index (χ0n) is 22.3. The number of hydrogen-bond acceptors (Lipinski definition) is 5. The van der Waals surface area contributed by atoms with Crippen molar-refractivity contribution in [2.24, 2.45) is 0 Å². The standard InChI is InChI=1S/C29H34N2O5S/c1-18-13-19(2)21(4)28(20(18)3)37(33,34)30-16-22-7-9-23(10-8-22)29(32)31-12-11-24-14-26(35-5)27(36-6)15-25(24)17-31/h7-10,13-15,30H,11-12,16-17H2,1-6H3. The number of rotatable bonds is 7. The van der Waals surface area contributed by atoms with E-state index in [0.717, 1.165) is 45.4 Å². The van der Waals surface area contributed by atoms with Crippen molar-refractivity contribution in [1.29, 1.82) is 0 Å². The van der Waals surface area contributed by atoms with E-state index in [4.69, 9.17) is 9.47 Å². The van der Waals surface area contributed by atoms with Gasteiger partial charge in [-0.15, -0.1) is 0 Å². The van der Waals surface area contributed by atoms with Crippen molar-refractivity contribution >= 4 is 15.9 Å². The van der Waals surface area contributed by atoms with Crippen LogP contribution in [0.2, 0.25) is 0 Å². The molecule has 0 aliphatic carbocycles. The highest BCUT2D eigenvalue weighted by molar-refractivity contribution is 7.89. The maximum atomic E-state index is 13.2. The highest BCUT2D eigenvalue weighted by Gasteiger charge is 2.24. The van der Waals surface area contributed by atoms with Gasteiger partial charge < -0.3 is 14.4 Å². The van der Waals surface area contributed by atoms with Crippen molar-refractivity contribution < 1.29 is 22.7 Å². The molecule has 1 heterocycles. The first-order valence-electron chi connectivity index (χ1n) is 12.2. The topological polar surface area (TPSA) is 84.9 Å². The number of carbonyl (C=O) groups is 1. The van der Waals surface area contributed by atoms with E-state index in [2.05, 4.69) is 4.72 Å². The van der Waals surface area contributed by atoms with Gasteiger partial charge in [0, 0.05) is 25.2 Å². The second kappa shape index (κ2) is 10.6. The molecule has 1 aliphatic rings.